The van der Waals surface area contributed by atoms with Gasteiger partial charge in [-0.25, -0.2) is 0 Å². The largest absolute Gasteiger partial charge is 0.0620 e. The Morgan fingerprint density at radius 3 is 0.500 bits per heavy atom. The summed E-state index contributed by atoms with van der Waals surface area (Å²) in [5.74, 6) is 0. The summed E-state index contributed by atoms with van der Waals surface area (Å²) in [6.45, 7) is 13.3. The summed E-state index contributed by atoms with van der Waals surface area (Å²) in [6, 6.07) is 52.8. The van der Waals surface area contributed by atoms with Crippen LogP contribution in [-0.2, 0) is 40.8 Å². The van der Waals surface area contributed by atoms with Gasteiger partial charge in [0, 0.05) is 40.8 Å². The average Bonchev–Trinajstić information content (AvgIpc) is 3.03. The zero-order valence-electron chi connectivity index (χ0n) is 27.4. The maximum absolute atomic E-state index is 2.29. The van der Waals surface area contributed by atoms with Gasteiger partial charge in [-0.2, -0.15) is 0 Å². The fraction of sp³-hybridized carbons (Fsp3) is 0.143. The Balaban J connectivity index is 0.000000240. The monoisotopic (exact) mass is 820 g/mol. The molecule has 46 heavy (non-hydrogen) atoms. The second kappa shape index (κ2) is 18.2. The van der Waals surface area contributed by atoms with E-state index in [1.165, 1.54) is 65.2 Å². The molecule has 0 radical (unpaired) electrons. The molecule has 0 atom stereocenters. The van der Waals surface area contributed by atoms with Crippen molar-refractivity contribution in [2.45, 2.75) is 41.5 Å². The van der Waals surface area contributed by atoms with Crippen LogP contribution in [0.4, 0.5) is 0 Å². The van der Waals surface area contributed by atoms with Gasteiger partial charge < -0.3 is 0 Å². The van der Waals surface area contributed by atoms with Crippen LogP contribution in [-0.4, -0.2) is 0 Å². The van der Waals surface area contributed by atoms with Gasteiger partial charge >= 0.3 is 0 Å². The molecule has 0 spiro atoms. The van der Waals surface area contributed by atoms with E-state index in [4.69, 9.17) is 0 Å². The molecule has 0 fully saturated rings. The predicted octanol–water partition coefficient (Wildman–Crippen LogP) is 8.74. The fourth-order valence-corrected chi connectivity index (χ4v) is 11.2. The average molecular weight is 822 g/mol. The van der Waals surface area contributed by atoms with Gasteiger partial charge in [0.1, 0.15) is 0 Å². The molecule has 0 saturated carbocycles. The van der Waals surface area contributed by atoms with E-state index in [9.17, 15) is 0 Å². The smallest absolute Gasteiger partial charge is 0 e. The summed E-state index contributed by atoms with van der Waals surface area (Å²) in [5.41, 5.74) is 8.25. The van der Waals surface area contributed by atoms with Crippen molar-refractivity contribution in [2.75, 3.05) is 0 Å². The second-order valence-corrected chi connectivity index (χ2v) is 15.6. The number of rotatable bonds is 6. The van der Waals surface area contributed by atoms with Crippen molar-refractivity contribution < 1.29 is 40.8 Å². The van der Waals surface area contributed by atoms with E-state index < -0.39 is 15.8 Å². The van der Waals surface area contributed by atoms with Crippen molar-refractivity contribution in [1.29, 1.82) is 0 Å². The van der Waals surface area contributed by atoms with Crippen LogP contribution in [0.25, 0.3) is 0 Å². The Hall–Kier alpha value is -2.50. The molecule has 240 valence electrons. The second-order valence-electron chi connectivity index (χ2n) is 11.4. The van der Waals surface area contributed by atoms with Gasteiger partial charge in [-0.05, 0) is 123 Å². The molecule has 0 bridgehead atoms. The number of benzene rings is 6. The first-order chi connectivity index (χ1) is 21.4. The maximum atomic E-state index is 2.29. The van der Waals surface area contributed by atoms with Gasteiger partial charge in [-0.3, -0.25) is 0 Å². The minimum atomic E-state index is -0.508. The van der Waals surface area contributed by atoms with Gasteiger partial charge in [-0.1, -0.05) is 146 Å². The molecule has 0 aliphatic carbocycles. The van der Waals surface area contributed by atoms with Crippen LogP contribution in [0.5, 0.6) is 0 Å². The van der Waals surface area contributed by atoms with E-state index in [1.54, 1.807) is 0 Å². The van der Waals surface area contributed by atoms with E-state index >= 15 is 0 Å². The van der Waals surface area contributed by atoms with Gasteiger partial charge in [-0.15, -0.1) is 0 Å². The zero-order chi connectivity index (χ0) is 31.1. The van der Waals surface area contributed by atoms with Crippen LogP contribution in [0.3, 0.4) is 0 Å². The third-order valence-electron chi connectivity index (χ3n) is 8.14. The molecular formula is C42H42P2Pd2. The minimum absolute atomic E-state index is 0. The molecule has 0 aromatic heterocycles. The van der Waals surface area contributed by atoms with Crippen LogP contribution in [0, 0.1) is 41.5 Å². The Morgan fingerprint density at radius 2 is 0.370 bits per heavy atom. The molecule has 6 aromatic rings. The normalized spacial score (nSPS) is 10.4. The standard InChI is InChI=1S/2C21H21P.2Pd/c2*1-16-10-4-7-13-19(16)22(20-14-8-5-11-17(20)2)21-15-9-6-12-18(21)3;;/h2*4-15H,1-3H3;;. The minimum Gasteiger partial charge on any atom is -0.0620 e. The topological polar surface area (TPSA) is 0 Å². The molecular weight excluding hydrogens is 779 g/mol. The molecule has 0 unspecified atom stereocenters. The summed E-state index contributed by atoms with van der Waals surface area (Å²) < 4.78 is 0. The third-order valence-corrected chi connectivity index (χ3v) is 14.0. The summed E-state index contributed by atoms with van der Waals surface area (Å²) >= 11 is 0. The van der Waals surface area contributed by atoms with Crippen LogP contribution >= 0.6 is 15.8 Å². The van der Waals surface area contributed by atoms with Crippen molar-refractivity contribution in [3.05, 3.63) is 179 Å². The molecule has 6 aromatic carbocycles. The molecule has 0 saturated heterocycles. The summed E-state index contributed by atoms with van der Waals surface area (Å²) in [6.07, 6.45) is 0. The van der Waals surface area contributed by atoms with Gasteiger partial charge in [0.15, 0.2) is 0 Å². The predicted molar refractivity (Wildman–Crippen MR) is 199 cm³/mol. The first-order valence-corrected chi connectivity index (χ1v) is 18.0. The van der Waals surface area contributed by atoms with Crippen molar-refractivity contribution in [3.8, 4) is 0 Å². The maximum Gasteiger partial charge on any atom is 0 e. The van der Waals surface area contributed by atoms with Gasteiger partial charge in [0.25, 0.3) is 0 Å². The first kappa shape index (κ1) is 38.0. The van der Waals surface area contributed by atoms with Crippen LogP contribution < -0.4 is 31.8 Å². The quantitative estimate of drug-likeness (QED) is 0.117. The first-order valence-electron chi connectivity index (χ1n) is 15.3. The van der Waals surface area contributed by atoms with Crippen LogP contribution in [0.1, 0.15) is 33.4 Å². The summed E-state index contributed by atoms with van der Waals surface area (Å²) in [5, 5.41) is 8.76. The number of aryl methyl sites for hydroxylation is 6. The zero-order valence-corrected chi connectivity index (χ0v) is 32.3. The molecule has 0 aliphatic rings. The molecule has 0 aliphatic heterocycles. The van der Waals surface area contributed by atoms with Crippen molar-refractivity contribution in [2.24, 2.45) is 0 Å². The fourth-order valence-electron chi connectivity index (χ4n) is 5.66. The van der Waals surface area contributed by atoms with E-state index in [2.05, 4.69) is 187 Å². The van der Waals surface area contributed by atoms with Crippen molar-refractivity contribution >= 4 is 47.7 Å². The molecule has 0 nitrogen and oxygen atoms in total. The Kier molecular flexibility index (Phi) is 15.0. The Morgan fingerprint density at radius 1 is 0.239 bits per heavy atom. The van der Waals surface area contributed by atoms with E-state index in [-0.39, 0.29) is 40.8 Å². The van der Waals surface area contributed by atoms with Crippen LogP contribution in [0.15, 0.2) is 146 Å². The molecule has 0 N–H and O–H groups in total. The third kappa shape index (κ3) is 8.89. The Bertz CT molecular complexity index is 1510. The Labute approximate surface area is 306 Å². The molecule has 4 heteroatoms. The van der Waals surface area contributed by atoms with Crippen molar-refractivity contribution in [3.63, 3.8) is 0 Å². The van der Waals surface area contributed by atoms with Crippen LogP contribution in [0.2, 0.25) is 0 Å². The summed E-state index contributed by atoms with van der Waals surface area (Å²) in [4.78, 5) is 0. The van der Waals surface area contributed by atoms with E-state index in [0.717, 1.165) is 0 Å². The van der Waals surface area contributed by atoms with Gasteiger partial charge in [0.05, 0.1) is 0 Å². The van der Waals surface area contributed by atoms with E-state index in [1.807, 2.05) is 0 Å². The molecule has 0 heterocycles. The SMILES string of the molecule is Cc1ccccc1P(c1ccccc1C)c1ccccc1C.Cc1ccccc1P(c1ccccc1C)c1ccccc1C.[Pd].[Pd]. The number of hydrogen-bond donors (Lipinski definition) is 0. The molecule has 0 amide bonds. The van der Waals surface area contributed by atoms with E-state index in [0.29, 0.717) is 0 Å². The molecule has 6 rings (SSSR count). The number of hydrogen-bond acceptors (Lipinski definition) is 0. The van der Waals surface area contributed by atoms with Gasteiger partial charge in [0.2, 0.25) is 0 Å². The summed E-state index contributed by atoms with van der Waals surface area (Å²) in [7, 11) is -1.02. The van der Waals surface area contributed by atoms with Crippen molar-refractivity contribution in [1.82, 2.24) is 0 Å².